The van der Waals surface area contributed by atoms with Gasteiger partial charge < -0.3 is 46.3 Å². The van der Waals surface area contributed by atoms with Gasteiger partial charge in [0.05, 0.1) is 45.7 Å². The number of benzene rings is 1. The van der Waals surface area contributed by atoms with Crippen molar-refractivity contribution < 1.29 is 72.5 Å². The molecule has 1 aromatic heterocycles. The first-order valence-corrected chi connectivity index (χ1v) is 31.4. The van der Waals surface area contributed by atoms with Gasteiger partial charge in [-0.2, -0.15) is 0 Å². The average molecular weight is 1210 g/mol. The number of aromatic amines is 1. The Morgan fingerprint density at radius 3 is 1.98 bits per heavy atom. The number of H-pyrrole nitrogens is 1. The molecule has 2 aromatic rings. The lowest BCUT2D eigenvalue weighted by atomic mass is 9.90. The van der Waals surface area contributed by atoms with Gasteiger partial charge in [-0.25, -0.2) is 0 Å². The molecule has 24 nitrogen and oxygen atoms in total. The number of nitrogens with zero attached hydrogens (tertiary/aromatic N) is 4. The van der Waals surface area contributed by atoms with Gasteiger partial charge in [-0.1, -0.05) is 26.3 Å². The lowest BCUT2D eigenvalue weighted by molar-refractivity contribution is -0.143. The predicted octanol–water partition coefficient (Wildman–Crippen LogP) is 0.151. The first-order chi connectivity index (χ1) is 39.4. The minimum Gasteiger partial charge on any atom is -0.393 e. The molecule has 7 N–H and O–H groups in total. The maximum absolute atomic E-state index is 14.9. The average Bonchev–Trinajstić information content (AvgIpc) is 4.25. The number of aromatic nitrogens is 1. The summed E-state index contributed by atoms with van der Waals surface area (Å²) in [5.74, 6) is -10.4. The van der Waals surface area contributed by atoms with E-state index in [1.165, 1.54) is 49.2 Å². The van der Waals surface area contributed by atoms with Crippen molar-refractivity contribution in [3.8, 4) is 0 Å². The molecule has 6 aliphatic heterocycles. The van der Waals surface area contributed by atoms with Crippen molar-refractivity contribution >= 4 is 123 Å². The zero-order valence-electron chi connectivity index (χ0n) is 47.1. The van der Waals surface area contributed by atoms with Gasteiger partial charge in [0.25, 0.3) is 0 Å². The highest BCUT2D eigenvalue weighted by atomic mass is 32.2. The van der Waals surface area contributed by atoms with Crippen LogP contribution in [0.15, 0.2) is 23.2 Å². The van der Waals surface area contributed by atoms with Crippen LogP contribution in [0.1, 0.15) is 104 Å². The van der Waals surface area contributed by atoms with E-state index in [0.29, 0.717) is 38.6 Å². The Bertz CT molecular complexity index is 2910. The molecule has 6 aliphatic rings. The number of Topliss-reactive ketones (excluding diaryl/α,β-unsaturated/α-hetero) is 3. The number of thioether (sulfide) groups is 3. The fraction of sp³-hybridized carbons (Fsp3) is 0.625. The van der Waals surface area contributed by atoms with Crippen LogP contribution in [0, 0.1) is 17.8 Å². The molecular formula is C56H73N9O15S3. The summed E-state index contributed by atoms with van der Waals surface area (Å²) < 4.78 is 0. The highest BCUT2D eigenvalue weighted by Gasteiger charge is 2.45. The maximum atomic E-state index is 14.9. The molecule has 1 aromatic carbocycles. The van der Waals surface area contributed by atoms with Crippen LogP contribution in [0.3, 0.4) is 0 Å². The van der Waals surface area contributed by atoms with Gasteiger partial charge in [0.1, 0.15) is 23.9 Å². The molecule has 4 fully saturated rings. The lowest BCUT2D eigenvalue weighted by Crippen LogP contribution is -2.57. The van der Waals surface area contributed by atoms with Gasteiger partial charge >= 0.3 is 0 Å². The topological polar surface area (TPSA) is 339 Å². The third kappa shape index (κ3) is 14.9. The van der Waals surface area contributed by atoms with Crippen molar-refractivity contribution in [3.05, 3.63) is 29.3 Å². The molecule has 27 heteroatoms. The molecule has 6 bridgehead atoms. The van der Waals surface area contributed by atoms with E-state index >= 15 is 0 Å². The molecule has 450 valence electrons. The number of fused-ring (bicyclic) bond motifs is 9. The van der Waals surface area contributed by atoms with Crippen molar-refractivity contribution in [2.75, 3.05) is 43.6 Å². The maximum Gasteiger partial charge on any atom is 0.246 e. The van der Waals surface area contributed by atoms with E-state index in [4.69, 9.17) is 0 Å². The number of hydrogen-bond donors (Lipinski definition) is 7. The number of amides is 10. The van der Waals surface area contributed by atoms with Crippen molar-refractivity contribution in [1.82, 2.24) is 45.9 Å². The number of aliphatic hydroxyl groups excluding tert-OH is 2. The zero-order chi connectivity index (χ0) is 60.1. The van der Waals surface area contributed by atoms with Crippen LogP contribution in [0.25, 0.3) is 10.9 Å². The highest BCUT2D eigenvalue weighted by molar-refractivity contribution is 8.17. The molecule has 0 spiro atoms. The molecule has 4 unspecified atom stereocenters. The van der Waals surface area contributed by atoms with Crippen LogP contribution in [0.5, 0.6) is 0 Å². The predicted molar refractivity (Wildman–Crippen MR) is 305 cm³/mol. The molecule has 83 heavy (non-hydrogen) atoms. The number of imide groups is 2. The Kier molecular flexibility index (Phi) is 20.6. The van der Waals surface area contributed by atoms with E-state index in [2.05, 4.69) is 26.3 Å². The SMILES string of the molecule is CCC(C)C[C@@H]1NC(=O)[C@H]2CC(=O)[C@H](C)NC(=O)[C@@H]3C[C@@H](O)CN3C(=O)[C@@H](CSc3[nH]c4ccc(CC(=O)CCC(=O)N5CCN6C(=O)CC(SCSC7CC(=O)N(CC5)C7=O)C6=O)cc4c3C2)NC(=O)[C@@H](C(C)O)CC(=O)[C@H](C)NC1=O. The molecule has 0 aliphatic carbocycles. The summed E-state index contributed by atoms with van der Waals surface area (Å²) in [6.07, 6.45) is -3.95. The molecule has 4 saturated heterocycles. The van der Waals surface area contributed by atoms with Gasteiger partial charge in [-0.3, -0.25) is 72.1 Å². The van der Waals surface area contributed by atoms with Gasteiger partial charge in [0.15, 0.2) is 11.6 Å². The number of aliphatic hydroxyl groups is 2. The third-order valence-corrected chi connectivity index (χ3v) is 20.3. The van der Waals surface area contributed by atoms with Crippen LogP contribution >= 0.6 is 35.3 Å². The minimum atomic E-state index is -1.45. The van der Waals surface area contributed by atoms with Crippen molar-refractivity contribution in [2.24, 2.45) is 17.8 Å². The second kappa shape index (κ2) is 27.3. The fourth-order valence-electron chi connectivity index (χ4n) is 11.3. The largest absolute Gasteiger partial charge is 0.393 e. The Balaban J connectivity index is 1.12. The number of hydrogen-bond acceptors (Lipinski definition) is 18. The Labute approximate surface area is 492 Å². The quantitative estimate of drug-likeness (QED) is 0.164. The Morgan fingerprint density at radius 2 is 1.35 bits per heavy atom. The summed E-state index contributed by atoms with van der Waals surface area (Å²) in [7, 11) is 0. The molecule has 7 heterocycles. The van der Waals surface area contributed by atoms with Gasteiger partial charge in [-0.15, -0.1) is 35.3 Å². The van der Waals surface area contributed by atoms with E-state index in [1.807, 2.05) is 13.8 Å². The second-order valence-corrected chi connectivity index (χ2v) is 26.4. The molecule has 12 atom stereocenters. The van der Waals surface area contributed by atoms with Crippen molar-refractivity contribution in [1.29, 1.82) is 0 Å². The number of rotatable bonds is 9. The summed E-state index contributed by atoms with van der Waals surface area (Å²) in [4.78, 5) is 189. The van der Waals surface area contributed by atoms with Gasteiger partial charge in [0.2, 0.25) is 59.1 Å². The number of carbonyl (C=O) groups excluding carboxylic acids is 13. The van der Waals surface area contributed by atoms with E-state index in [-0.39, 0.29) is 125 Å². The molecular weight excluding hydrogens is 1130 g/mol. The van der Waals surface area contributed by atoms with Crippen LogP contribution < -0.4 is 21.3 Å². The van der Waals surface area contributed by atoms with E-state index in [9.17, 15) is 72.5 Å². The molecule has 10 amide bonds. The monoisotopic (exact) mass is 1210 g/mol. The summed E-state index contributed by atoms with van der Waals surface area (Å²) >= 11 is 3.55. The summed E-state index contributed by atoms with van der Waals surface area (Å²) in [5, 5.41) is 32.7. The molecule has 0 saturated carbocycles. The van der Waals surface area contributed by atoms with Crippen LogP contribution in [0.4, 0.5) is 0 Å². The molecule has 0 radical (unpaired) electrons. The lowest BCUT2D eigenvalue weighted by Gasteiger charge is -2.30. The van der Waals surface area contributed by atoms with E-state index in [1.54, 1.807) is 18.2 Å². The summed E-state index contributed by atoms with van der Waals surface area (Å²) in [5.41, 5.74) is 1.47. The normalized spacial score (nSPS) is 29.4. The zero-order valence-corrected chi connectivity index (χ0v) is 49.6. The van der Waals surface area contributed by atoms with Gasteiger partial charge in [0, 0.05) is 112 Å². The minimum absolute atomic E-state index is 0.0237. The Hall–Kier alpha value is -6.16. The number of ketones is 3. The first kappa shape index (κ1) is 62.9. The standard InChI is InChI=1S/C56H73N9O15S3/c1-6-27(2)15-39-51(76)57-29(4)43(70)21-35(30(5)66)50(75)60-40-25-81-53-37(18-32(49(74)59-39)19-42(69)28(3)58-52(77)41-20-34(68)24-65(41)54(40)78)36-17-31(7-9-38(36)61-53)16-33(67)8-10-46(71)62-11-13-63-47(72)22-44(55(63)79)82-26-83-45-23-48(73)64(14-12-62)56(45)80/h7,9,17,27-30,32,34-35,39-41,44-45,61,66,68H,6,8,10-16,18-26H2,1-5H3,(H,57,76)(H,58,77)(H,59,74)(H,60,75)/t27?,28-,29-,30?,32+,34+,35+,39-,40+,41-,44?,45?/m0/s1. The van der Waals surface area contributed by atoms with Crippen LogP contribution in [-0.4, -0.2) is 208 Å². The van der Waals surface area contributed by atoms with E-state index < -0.39 is 125 Å². The van der Waals surface area contributed by atoms with Crippen LogP contribution in [0.2, 0.25) is 0 Å². The molecule has 8 rings (SSSR count). The third-order valence-electron chi connectivity index (χ3n) is 16.6. The fourth-order valence-corrected chi connectivity index (χ4v) is 15.1. The Morgan fingerprint density at radius 1 is 0.723 bits per heavy atom. The van der Waals surface area contributed by atoms with Gasteiger partial charge in [-0.05, 0) is 62.8 Å². The van der Waals surface area contributed by atoms with Crippen molar-refractivity contribution in [2.45, 2.75) is 163 Å². The summed E-state index contributed by atoms with van der Waals surface area (Å²) in [6, 6.07) is -1.23. The van der Waals surface area contributed by atoms with Crippen LogP contribution in [-0.2, 0) is 75.2 Å². The second-order valence-electron chi connectivity index (χ2n) is 22.6. The van der Waals surface area contributed by atoms with Crippen molar-refractivity contribution in [3.63, 3.8) is 0 Å². The highest BCUT2D eigenvalue weighted by Crippen LogP contribution is 2.36. The smallest absolute Gasteiger partial charge is 0.246 e. The number of carbonyl (C=O) groups is 13. The van der Waals surface area contributed by atoms with E-state index in [0.717, 1.165) is 26.5 Å². The number of nitrogens with one attached hydrogen (secondary N) is 5. The summed E-state index contributed by atoms with van der Waals surface area (Å²) in [6.45, 7) is 7.26. The first-order valence-electron chi connectivity index (χ1n) is 28.3.